The summed E-state index contributed by atoms with van der Waals surface area (Å²) in [6.45, 7) is 9.54. The van der Waals surface area contributed by atoms with Crippen molar-refractivity contribution in [1.82, 2.24) is 4.72 Å². The quantitative estimate of drug-likeness (QED) is 0.617. The number of carbonyl (C=O) groups excluding carboxylic acids is 1. The number of nitrogens with one attached hydrogen (secondary N) is 1. The molecule has 0 saturated carbocycles. The number of halogens is 1. The number of amides is 1. The maximum absolute atomic E-state index is 11.2. The van der Waals surface area contributed by atoms with E-state index in [0.29, 0.717) is 0 Å². The second-order valence-corrected chi connectivity index (χ2v) is 12.8. The van der Waals surface area contributed by atoms with Gasteiger partial charge in [-0.3, -0.25) is 0 Å². The van der Waals surface area contributed by atoms with Crippen molar-refractivity contribution in [3.8, 4) is 0 Å². The summed E-state index contributed by atoms with van der Waals surface area (Å²) in [6, 6.07) is 0. The summed E-state index contributed by atoms with van der Waals surface area (Å²) in [7, 11) is -1.82. The number of carbonyl (C=O) groups is 1. The predicted octanol–water partition coefficient (Wildman–Crippen LogP) is 1.93. The van der Waals surface area contributed by atoms with E-state index in [9.17, 15) is 13.2 Å². The Morgan fingerprint density at radius 3 is 2.00 bits per heavy atom. The van der Waals surface area contributed by atoms with Crippen LogP contribution in [0.15, 0.2) is 0 Å². The molecule has 5 nitrogen and oxygen atoms in total. The van der Waals surface area contributed by atoms with E-state index in [1.165, 1.54) is 0 Å². The minimum absolute atomic E-state index is 0.152. The van der Waals surface area contributed by atoms with Crippen LogP contribution in [-0.4, -0.2) is 22.8 Å². The van der Waals surface area contributed by atoms with Crippen LogP contribution >= 0.6 is 10.7 Å². The third-order valence-electron chi connectivity index (χ3n) is 2.69. The van der Waals surface area contributed by atoms with Crippen LogP contribution in [0.4, 0.5) is 4.79 Å². The molecule has 0 unspecified atom stereocenters. The van der Waals surface area contributed by atoms with Crippen molar-refractivity contribution < 1.29 is 17.6 Å². The molecule has 0 fully saturated rings. The molecular weight excluding hydrogens is 258 g/mol. The molecule has 0 aromatic rings. The van der Waals surface area contributed by atoms with Gasteiger partial charge in [-0.1, -0.05) is 0 Å². The molecule has 15 heavy (non-hydrogen) atoms. The number of rotatable bonds is 2. The van der Waals surface area contributed by atoms with Gasteiger partial charge < -0.3 is 0 Å². The zero-order valence-electron chi connectivity index (χ0n) is 9.50. The van der Waals surface area contributed by atoms with E-state index >= 15 is 0 Å². The molecule has 0 heterocycles. The summed E-state index contributed by atoms with van der Waals surface area (Å²) in [5.41, 5.74) is 0. The molecule has 0 saturated heterocycles. The molecule has 0 spiro atoms. The Balaban J connectivity index is 4.57. The minimum atomic E-state index is -4.07. The summed E-state index contributed by atoms with van der Waals surface area (Å²) < 4.78 is 27.8. The van der Waals surface area contributed by atoms with Gasteiger partial charge in [0.25, 0.3) is 0 Å². The van der Waals surface area contributed by atoms with Gasteiger partial charge in [-0.2, -0.15) is 0 Å². The van der Waals surface area contributed by atoms with E-state index in [1.807, 2.05) is 33.9 Å². The van der Waals surface area contributed by atoms with Gasteiger partial charge in [-0.05, 0) is 0 Å². The summed E-state index contributed by atoms with van der Waals surface area (Å²) in [5.74, 6) is 0. The van der Waals surface area contributed by atoms with E-state index in [-0.39, 0.29) is 5.04 Å². The molecule has 1 N–H and O–H groups in total. The molecule has 0 aliphatic heterocycles. The molecule has 0 aromatic heterocycles. The van der Waals surface area contributed by atoms with E-state index in [2.05, 4.69) is 0 Å². The summed E-state index contributed by atoms with van der Waals surface area (Å²) >= 11 is 0. The van der Waals surface area contributed by atoms with Gasteiger partial charge in [0.15, 0.2) is 0 Å². The summed E-state index contributed by atoms with van der Waals surface area (Å²) in [5, 5.41) is -0.152. The van der Waals surface area contributed by atoms with Crippen LogP contribution in [0.25, 0.3) is 0 Å². The Morgan fingerprint density at radius 1 is 1.33 bits per heavy atom. The first-order valence-corrected chi connectivity index (χ1v) is 10.2. The molecule has 0 aliphatic rings. The van der Waals surface area contributed by atoms with Gasteiger partial charge in [-0.25, -0.2) is 0 Å². The van der Waals surface area contributed by atoms with Gasteiger partial charge >= 0.3 is 95.6 Å². The normalized spacial score (nSPS) is 14.5. The molecule has 0 bridgehead atoms. The second kappa shape index (κ2) is 4.30. The van der Waals surface area contributed by atoms with Gasteiger partial charge in [0.1, 0.15) is 0 Å². The molecule has 0 radical (unpaired) electrons. The van der Waals surface area contributed by atoms with Crippen molar-refractivity contribution in [2.45, 2.75) is 38.9 Å². The van der Waals surface area contributed by atoms with Crippen LogP contribution in [0, 0.1) is 0 Å². The van der Waals surface area contributed by atoms with Gasteiger partial charge in [0, 0.05) is 0 Å². The van der Waals surface area contributed by atoms with E-state index < -0.39 is 23.6 Å². The van der Waals surface area contributed by atoms with Gasteiger partial charge in [0.2, 0.25) is 0 Å². The van der Waals surface area contributed by atoms with Crippen LogP contribution < -0.4 is 4.72 Å². The topological polar surface area (TPSA) is 72.5 Å². The zero-order valence-corrected chi connectivity index (χ0v) is 12.2. The van der Waals surface area contributed by atoms with Crippen LogP contribution in [-0.2, 0) is 13.7 Å². The van der Waals surface area contributed by atoms with Crippen molar-refractivity contribution in [2.24, 2.45) is 0 Å². The fourth-order valence-electron chi connectivity index (χ4n) is 0.568. The van der Waals surface area contributed by atoms with Crippen molar-refractivity contribution in [1.29, 1.82) is 0 Å². The average Bonchev–Trinajstić information content (AvgIpc) is 1.75. The Morgan fingerprint density at radius 2 is 1.73 bits per heavy atom. The fourth-order valence-corrected chi connectivity index (χ4v) is 2.04. The van der Waals surface area contributed by atoms with Crippen LogP contribution in [0.2, 0.25) is 18.1 Å². The van der Waals surface area contributed by atoms with Gasteiger partial charge in [-0.15, -0.1) is 0 Å². The maximum atomic E-state index is 11.2. The SMILES string of the molecule is CC(C)(C)[SiH-](C)(C)OC(=O)NS(=O)(=O)Cl. The number of hydrogen-bond donors (Lipinski definition) is 1. The van der Waals surface area contributed by atoms with E-state index in [4.69, 9.17) is 15.1 Å². The van der Waals surface area contributed by atoms with Crippen molar-refractivity contribution >= 4 is 34.3 Å². The molecule has 0 aliphatic carbocycles. The third-order valence-corrected chi connectivity index (χ3v) is 8.31. The first-order chi connectivity index (χ1) is 6.35. The molecular formula is C7H17ClNO4SSi-. The summed E-state index contributed by atoms with van der Waals surface area (Å²) in [4.78, 5) is 11.2. The molecule has 0 atom stereocenters. The summed E-state index contributed by atoms with van der Waals surface area (Å²) in [6.07, 6.45) is -1.00. The first-order valence-electron chi connectivity index (χ1n) is 4.53. The van der Waals surface area contributed by atoms with Crippen LogP contribution in [0.5, 0.6) is 0 Å². The first kappa shape index (κ1) is 14.7. The standard InChI is InChI=1S/C7H17ClNO4SSi/c1-7(2,3)15(4,5)13-6(10)9-14(8,11)12/h15H,1-5H3,(H,9,10)/q-1. The van der Waals surface area contributed by atoms with Crippen molar-refractivity contribution in [3.05, 3.63) is 0 Å². The third kappa shape index (κ3) is 5.38. The fraction of sp³-hybridized carbons (Fsp3) is 0.857. The number of hydrogen-bond acceptors (Lipinski definition) is 4. The molecule has 0 aromatic carbocycles. The predicted molar refractivity (Wildman–Crippen MR) is 63.0 cm³/mol. The molecule has 1 amide bonds. The molecule has 92 valence electrons. The van der Waals surface area contributed by atoms with Gasteiger partial charge in [0.05, 0.1) is 0 Å². The van der Waals surface area contributed by atoms with Crippen LogP contribution in [0.1, 0.15) is 20.8 Å². The van der Waals surface area contributed by atoms with E-state index in [0.717, 1.165) is 0 Å². The van der Waals surface area contributed by atoms with Crippen molar-refractivity contribution in [3.63, 3.8) is 0 Å². The Hall–Kier alpha value is -0.273. The zero-order chi connectivity index (χ0) is 12.5. The Bertz CT molecular complexity index is 346. The Kier molecular flexibility index (Phi) is 4.23. The molecule has 8 heteroatoms. The average molecular weight is 275 g/mol. The molecule has 0 rings (SSSR count). The van der Waals surface area contributed by atoms with Crippen molar-refractivity contribution in [2.75, 3.05) is 0 Å². The monoisotopic (exact) mass is 274 g/mol. The van der Waals surface area contributed by atoms with Crippen LogP contribution in [0.3, 0.4) is 0 Å². The van der Waals surface area contributed by atoms with E-state index in [1.54, 1.807) is 4.72 Å². The second-order valence-electron chi connectivity index (χ2n) is 5.06. The Labute approximate surface area is 95.8 Å².